The highest BCUT2D eigenvalue weighted by atomic mass is 19.1. The molecule has 0 atom stereocenters. The summed E-state index contributed by atoms with van der Waals surface area (Å²) in [5.41, 5.74) is 5.46. The van der Waals surface area contributed by atoms with Gasteiger partial charge < -0.3 is 4.74 Å². The number of rotatable bonds is 5. The molecular formula is C23H27FO. The number of methoxy groups -OCH3 is 1. The normalized spacial score (nSPS) is 14.5. The molecule has 0 fully saturated rings. The van der Waals surface area contributed by atoms with Crippen molar-refractivity contribution in [2.45, 2.75) is 46.0 Å². The Kier molecular flexibility index (Phi) is 5.57. The molecule has 0 unspecified atom stereocenters. The number of allylic oxidation sites excluding steroid dienone is 2. The van der Waals surface area contributed by atoms with Crippen LogP contribution in [0.25, 0.3) is 16.7 Å². The summed E-state index contributed by atoms with van der Waals surface area (Å²) in [6.45, 7) is 4.46. The van der Waals surface area contributed by atoms with E-state index in [1.54, 1.807) is 19.2 Å². The third kappa shape index (κ3) is 4.12. The molecule has 0 aromatic heterocycles. The van der Waals surface area contributed by atoms with Crippen molar-refractivity contribution >= 4 is 5.57 Å². The van der Waals surface area contributed by atoms with Gasteiger partial charge in [0.25, 0.3) is 0 Å². The quantitative estimate of drug-likeness (QED) is 0.592. The summed E-state index contributed by atoms with van der Waals surface area (Å²) in [4.78, 5) is 0. The molecular weight excluding hydrogens is 311 g/mol. The zero-order valence-corrected chi connectivity index (χ0v) is 15.4. The number of ether oxygens (including phenoxy) is 1. The number of hydrogen-bond acceptors (Lipinski definition) is 1. The fourth-order valence-electron chi connectivity index (χ4n) is 3.61. The van der Waals surface area contributed by atoms with Crippen molar-refractivity contribution in [3.05, 3.63) is 59.4 Å². The molecule has 0 heterocycles. The lowest BCUT2D eigenvalue weighted by Gasteiger charge is -2.19. The van der Waals surface area contributed by atoms with Crippen molar-refractivity contribution < 1.29 is 9.13 Å². The fourth-order valence-corrected chi connectivity index (χ4v) is 3.61. The lowest BCUT2D eigenvalue weighted by molar-refractivity contribution is 0.414. The van der Waals surface area contributed by atoms with E-state index < -0.39 is 0 Å². The summed E-state index contributed by atoms with van der Waals surface area (Å²) in [5, 5.41) is 0. The minimum absolute atomic E-state index is 0.199. The Balaban J connectivity index is 2.13. The van der Waals surface area contributed by atoms with Crippen LogP contribution in [0, 0.1) is 11.7 Å². The average Bonchev–Trinajstić information content (AvgIpc) is 2.62. The van der Waals surface area contributed by atoms with E-state index in [2.05, 4.69) is 38.1 Å². The zero-order chi connectivity index (χ0) is 17.8. The van der Waals surface area contributed by atoms with Gasteiger partial charge in [0, 0.05) is 5.56 Å². The van der Waals surface area contributed by atoms with Crippen molar-refractivity contribution in [2.75, 3.05) is 7.11 Å². The first-order valence-corrected chi connectivity index (χ1v) is 9.24. The Morgan fingerprint density at radius 2 is 1.84 bits per heavy atom. The first-order chi connectivity index (χ1) is 12.1. The smallest absolute Gasteiger partial charge is 0.131 e. The van der Waals surface area contributed by atoms with Crippen LogP contribution in [-0.4, -0.2) is 7.11 Å². The maximum Gasteiger partial charge on any atom is 0.131 e. The number of benzene rings is 2. The van der Waals surface area contributed by atoms with E-state index in [4.69, 9.17) is 4.74 Å². The Labute approximate surface area is 150 Å². The molecule has 0 saturated heterocycles. The van der Waals surface area contributed by atoms with Crippen LogP contribution in [0.3, 0.4) is 0 Å². The van der Waals surface area contributed by atoms with Crippen LogP contribution in [0.4, 0.5) is 4.39 Å². The van der Waals surface area contributed by atoms with E-state index >= 15 is 0 Å². The van der Waals surface area contributed by atoms with Gasteiger partial charge >= 0.3 is 0 Å². The van der Waals surface area contributed by atoms with Crippen LogP contribution >= 0.6 is 0 Å². The van der Waals surface area contributed by atoms with Crippen LogP contribution in [0.1, 0.15) is 50.7 Å². The maximum absolute atomic E-state index is 14.6. The molecule has 0 amide bonds. The number of hydrogen-bond donors (Lipinski definition) is 0. The third-order valence-corrected chi connectivity index (χ3v) is 4.83. The van der Waals surface area contributed by atoms with Gasteiger partial charge in [0.05, 0.1) is 7.11 Å². The van der Waals surface area contributed by atoms with Gasteiger partial charge in [0.15, 0.2) is 0 Å². The SMILES string of the molecule is COc1ccc(F)c(-c2ccc(CC(C)C)cc2C2=CCCCC2)c1. The molecule has 0 bridgehead atoms. The van der Waals surface area contributed by atoms with E-state index in [1.807, 2.05) is 0 Å². The number of halogens is 1. The van der Waals surface area contributed by atoms with Gasteiger partial charge in [-0.1, -0.05) is 38.1 Å². The van der Waals surface area contributed by atoms with Crippen LogP contribution < -0.4 is 4.74 Å². The topological polar surface area (TPSA) is 9.23 Å². The van der Waals surface area contributed by atoms with Crippen molar-refractivity contribution in [1.82, 2.24) is 0 Å². The molecule has 3 rings (SSSR count). The molecule has 0 radical (unpaired) electrons. The highest BCUT2D eigenvalue weighted by Gasteiger charge is 2.16. The predicted molar refractivity (Wildman–Crippen MR) is 103 cm³/mol. The standard InChI is InChI=1S/C23H27FO/c1-16(2)13-17-9-11-20(21(14-17)18-7-5-4-6-8-18)22-15-19(25-3)10-12-23(22)24/h7,9-12,14-16H,4-6,8,13H2,1-3H3. The lowest BCUT2D eigenvalue weighted by atomic mass is 9.86. The summed E-state index contributed by atoms with van der Waals surface area (Å²) in [5.74, 6) is 1.09. The van der Waals surface area contributed by atoms with Gasteiger partial charge in [-0.05, 0) is 78.5 Å². The zero-order valence-electron chi connectivity index (χ0n) is 15.4. The Morgan fingerprint density at radius 1 is 1.00 bits per heavy atom. The van der Waals surface area contributed by atoms with E-state index in [0.29, 0.717) is 17.2 Å². The van der Waals surface area contributed by atoms with E-state index in [-0.39, 0.29) is 5.82 Å². The minimum Gasteiger partial charge on any atom is -0.497 e. The second-order valence-corrected chi connectivity index (χ2v) is 7.30. The highest BCUT2D eigenvalue weighted by molar-refractivity contribution is 5.82. The molecule has 0 saturated carbocycles. The molecule has 2 aromatic rings. The maximum atomic E-state index is 14.6. The molecule has 1 aliphatic carbocycles. The molecule has 25 heavy (non-hydrogen) atoms. The predicted octanol–water partition coefficient (Wildman–Crippen LogP) is 6.66. The largest absolute Gasteiger partial charge is 0.497 e. The van der Waals surface area contributed by atoms with Gasteiger partial charge in [0.2, 0.25) is 0 Å². The molecule has 1 nitrogen and oxygen atoms in total. The first kappa shape index (κ1) is 17.7. The van der Waals surface area contributed by atoms with Crippen LogP contribution in [0.15, 0.2) is 42.5 Å². The van der Waals surface area contributed by atoms with Crippen molar-refractivity contribution in [3.8, 4) is 16.9 Å². The monoisotopic (exact) mass is 338 g/mol. The summed E-state index contributed by atoms with van der Waals surface area (Å²) >= 11 is 0. The summed E-state index contributed by atoms with van der Waals surface area (Å²) in [6, 6.07) is 11.5. The Morgan fingerprint density at radius 3 is 2.52 bits per heavy atom. The Hall–Kier alpha value is -2.09. The van der Waals surface area contributed by atoms with Crippen molar-refractivity contribution in [3.63, 3.8) is 0 Å². The summed E-state index contributed by atoms with van der Waals surface area (Å²) in [7, 11) is 1.62. The third-order valence-electron chi connectivity index (χ3n) is 4.83. The second-order valence-electron chi connectivity index (χ2n) is 7.30. The molecule has 0 N–H and O–H groups in total. The van der Waals surface area contributed by atoms with Crippen molar-refractivity contribution in [2.24, 2.45) is 5.92 Å². The van der Waals surface area contributed by atoms with Crippen LogP contribution in [0.5, 0.6) is 5.75 Å². The highest BCUT2D eigenvalue weighted by Crippen LogP contribution is 2.37. The molecule has 0 aliphatic heterocycles. The summed E-state index contributed by atoms with van der Waals surface area (Å²) in [6.07, 6.45) is 8.02. The fraction of sp³-hybridized carbons (Fsp3) is 0.391. The van der Waals surface area contributed by atoms with E-state index in [9.17, 15) is 4.39 Å². The Bertz CT molecular complexity index is 774. The van der Waals surface area contributed by atoms with Gasteiger partial charge in [-0.15, -0.1) is 0 Å². The van der Waals surface area contributed by atoms with E-state index in [1.165, 1.54) is 35.6 Å². The van der Waals surface area contributed by atoms with Crippen LogP contribution in [-0.2, 0) is 6.42 Å². The van der Waals surface area contributed by atoms with Crippen LogP contribution in [0.2, 0.25) is 0 Å². The van der Waals surface area contributed by atoms with Crippen molar-refractivity contribution in [1.29, 1.82) is 0 Å². The molecule has 132 valence electrons. The van der Waals surface area contributed by atoms with Gasteiger partial charge in [0.1, 0.15) is 11.6 Å². The second kappa shape index (κ2) is 7.86. The summed E-state index contributed by atoms with van der Waals surface area (Å²) < 4.78 is 19.9. The minimum atomic E-state index is -0.199. The molecule has 2 aromatic carbocycles. The van der Waals surface area contributed by atoms with Gasteiger partial charge in [-0.3, -0.25) is 0 Å². The lowest BCUT2D eigenvalue weighted by Crippen LogP contribution is -2.00. The molecule has 1 aliphatic rings. The van der Waals surface area contributed by atoms with Gasteiger partial charge in [-0.2, -0.15) is 0 Å². The van der Waals surface area contributed by atoms with E-state index in [0.717, 1.165) is 24.8 Å². The molecule has 2 heteroatoms. The average molecular weight is 338 g/mol. The first-order valence-electron chi connectivity index (χ1n) is 9.24. The van der Waals surface area contributed by atoms with Gasteiger partial charge in [-0.25, -0.2) is 4.39 Å². The molecule has 0 spiro atoms.